The fraction of sp³-hybridized carbons (Fsp3) is 0.250. The zero-order chi connectivity index (χ0) is 10.7. The molecule has 0 aliphatic carbocycles. The van der Waals surface area contributed by atoms with E-state index in [9.17, 15) is 0 Å². The fourth-order valence-electron chi connectivity index (χ4n) is 1.59. The Labute approximate surface area is 89.3 Å². The largest absolute Gasteiger partial charge is 0.497 e. The normalized spacial score (nSPS) is 10.3. The lowest BCUT2D eigenvalue weighted by Crippen LogP contribution is -1.98. The van der Waals surface area contributed by atoms with Crippen molar-refractivity contribution in [3.05, 3.63) is 36.5 Å². The molecular weight excluding hydrogens is 188 g/mol. The molecule has 1 heterocycles. The zero-order valence-electron chi connectivity index (χ0n) is 8.97. The maximum absolute atomic E-state index is 5.12. The van der Waals surface area contributed by atoms with Crippen LogP contribution in [0.25, 0.3) is 11.3 Å². The number of benzene rings is 1. The Morgan fingerprint density at radius 1 is 1.20 bits per heavy atom. The first-order valence-corrected chi connectivity index (χ1v) is 5.01. The first kappa shape index (κ1) is 9.77. The molecule has 15 heavy (non-hydrogen) atoms. The maximum atomic E-state index is 5.12. The molecule has 0 unspecified atom stereocenters. The first-order chi connectivity index (χ1) is 7.35. The number of methoxy groups -OCH3 is 1. The van der Waals surface area contributed by atoms with Crippen LogP contribution in [-0.4, -0.2) is 16.9 Å². The molecule has 1 aromatic carbocycles. The summed E-state index contributed by atoms with van der Waals surface area (Å²) in [4.78, 5) is 0. The third-order valence-electron chi connectivity index (χ3n) is 2.40. The summed E-state index contributed by atoms with van der Waals surface area (Å²) >= 11 is 0. The van der Waals surface area contributed by atoms with Crippen molar-refractivity contribution in [2.45, 2.75) is 13.5 Å². The second-order valence-corrected chi connectivity index (χ2v) is 3.26. The fourth-order valence-corrected chi connectivity index (χ4v) is 1.59. The van der Waals surface area contributed by atoms with Gasteiger partial charge in [0.1, 0.15) is 5.75 Å². The highest BCUT2D eigenvalue weighted by Crippen LogP contribution is 2.21. The zero-order valence-corrected chi connectivity index (χ0v) is 8.97. The van der Waals surface area contributed by atoms with Crippen molar-refractivity contribution in [1.82, 2.24) is 9.78 Å². The molecule has 2 rings (SSSR count). The van der Waals surface area contributed by atoms with Crippen LogP contribution in [0.15, 0.2) is 36.5 Å². The number of hydrogen-bond donors (Lipinski definition) is 0. The van der Waals surface area contributed by atoms with Crippen molar-refractivity contribution in [2.24, 2.45) is 0 Å². The molecular formula is C12H14N2O. The number of aryl methyl sites for hydroxylation is 1. The second kappa shape index (κ2) is 4.17. The summed E-state index contributed by atoms with van der Waals surface area (Å²) in [6, 6.07) is 10.0. The Balaban J connectivity index is 2.37. The summed E-state index contributed by atoms with van der Waals surface area (Å²) in [5, 5.41) is 4.24. The highest BCUT2D eigenvalue weighted by molar-refractivity contribution is 5.60. The van der Waals surface area contributed by atoms with Gasteiger partial charge in [-0.25, -0.2) is 0 Å². The van der Waals surface area contributed by atoms with Gasteiger partial charge in [-0.05, 0) is 37.3 Å². The molecule has 0 saturated carbocycles. The lowest BCUT2D eigenvalue weighted by Gasteiger charge is -2.05. The van der Waals surface area contributed by atoms with Gasteiger partial charge < -0.3 is 4.74 Å². The van der Waals surface area contributed by atoms with Crippen molar-refractivity contribution in [3.8, 4) is 17.0 Å². The van der Waals surface area contributed by atoms with E-state index < -0.39 is 0 Å². The van der Waals surface area contributed by atoms with Gasteiger partial charge in [0.05, 0.1) is 12.8 Å². The van der Waals surface area contributed by atoms with E-state index in [1.807, 2.05) is 41.2 Å². The monoisotopic (exact) mass is 202 g/mol. The van der Waals surface area contributed by atoms with Crippen LogP contribution in [0.2, 0.25) is 0 Å². The minimum atomic E-state index is 0.876. The van der Waals surface area contributed by atoms with Crippen LogP contribution < -0.4 is 4.74 Å². The maximum Gasteiger partial charge on any atom is 0.118 e. The van der Waals surface area contributed by atoms with Crippen molar-refractivity contribution in [3.63, 3.8) is 0 Å². The van der Waals surface area contributed by atoms with Crippen molar-refractivity contribution in [1.29, 1.82) is 0 Å². The molecule has 0 atom stereocenters. The molecule has 0 saturated heterocycles. The standard InChI is InChI=1S/C12H14N2O/c1-3-14-12(8-9-13-14)10-4-6-11(15-2)7-5-10/h4-9H,3H2,1-2H3. The van der Waals surface area contributed by atoms with Crippen LogP contribution in [0.1, 0.15) is 6.92 Å². The molecule has 0 fully saturated rings. The van der Waals surface area contributed by atoms with Crippen LogP contribution in [0.4, 0.5) is 0 Å². The minimum absolute atomic E-state index is 0.876. The van der Waals surface area contributed by atoms with Gasteiger partial charge in [0.15, 0.2) is 0 Å². The van der Waals surface area contributed by atoms with Gasteiger partial charge in [0.25, 0.3) is 0 Å². The van der Waals surface area contributed by atoms with E-state index >= 15 is 0 Å². The Bertz CT molecular complexity index is 431. The molecule has 0 amide bonds. The van der Waals surface area contributed by atoms with Crippen molar-refractivity contribution < 1.29 is 4.74 Å². The summed E-state index contributed by atoms with van der Waals surface area (Å²) in [5.74, 6) is 0.876. The SMILES string of the molecule is CCn1nccc1-c1ccc(OC)cc1. The smallest absolute Gasteiger partial charge is 0.118 e. The van der Waals surface area contributed by atoms with Gasteiger partial charge in [0, 0.05) is 18.3 Å². The lowest BCUT2D eigenvalue weighted by molar-refractivity contribution is 0.415. The predicted molar refractivity (Wildman–Crippen MR) is 59.9 cm³/mol. The van der Waals surface area contributed by atoms with Crippen LogP contribution in [0, 0.1) is 0 Å². The molecule has 3 heteroatoms. The molecule has 0 spiro atoms. The molecule has 2 aromatic rings. The van der Waals surface area contributed by atoms with Crippen LogP contribution >= 0.6 is 0 Å². The highest BCUT2D eigenvalue weighted by Gasteiger charge is 2.03. The lowest BCUT2D eigenvalue weighted by atomic mass is 10.1. The first-order valence-electron chi connectivity index (χ1n) is 5.01. The predicted octanol–water partition coefficient (Wildman–Crippen LogP) is 2.58. The van der Waals surface area contributed by atoms with Crippen LogP contribution in [0.5, 0.6) is 5.75 Å². The van der Waals surface area contributed by atoms with Crippen LogP contribution in [-0.2, 0) is 6.54 Å². The van der Waals surface area contributed by atoms with E-state index in [0.717, 1.165) is 23.6 Å². The topological polar surface area (TPSA) is 27.1 Å². The van der Waals surface area contributed by atoms with E-state index in [2.05, 4.69) is 12.0 Å². The number of nitrogens with zero attached hydrogens (tertiary/aromatic N) is 2. The average Bonchev–Trinajstić information content (AvgIpc) is 2.77. The number of ether oxygens (including phenoxy) is 1. The molecule has 0 aliphatic heterocycles. The van der Waals surface area contributed by atoms with E-state index in [1.165, 1.54) is 0 Å². The van der Waals surface area contributed by atoms with Gasteiger partial charge in [-0.1, -0.05) is 0 Å². The molecule has 0 aliphatic rings. The summed E-state index contributed by atoms with van der Waals surface area (Å²) in [7, 11) is 1.67. The number of hydrogen-bond acceptors (Lipinski definition) is 2. The van der Waals surface area contributed by atoms with Gasteiger partial charge in [0.2, 0.25) is 0 Å². The van der Waals surface area contributed by atoms with E-state index in [-0.39, 0.29) is 0 Å². The Kier molecular flexibility index (Phi) is 2.72. The van der Waals surface area contributed by atoms with E-state index in [0.29, 0.717) is 0 Å². The molecule has 78 valence electrons. The van der Waals surface area contributed by atoms with Gasteiger partial charge in [-0.2, -0.15) is 5.10 Å². The summed E-state index contributed by atoms with van der Waals surface area (Å²) in [6.45, 7) is 2.97. The van der Waals surface area contributed by atoms with E-state index in [1.54, 1.807) is 7.11 Å². The number of rotatable bonds is 3. The van der Waals surface area contributed by atoms with E-state index in [4.69, 9.17) is 4.74 Å². The third kappa shape index (κ3) is 1.86. The average molecular weight is 202 g/mol. The summed E-state index contributed by atoms with van der Waals surface area (Å²) in [6.07, 6.45) is 1.82. The molecule has 1 aromatic heterocycles. The quantitative estimate of drug-likeness (QED) is 0.764. The minimum Gasteiger partial charge on any atom is -0.497 e. The molecule has 3 nitrogen and oxygen atoms in total. The molecule has 0 radical (unpaired) electrons. The Hall–Kier alpha value is -1.77. The number of aromatic nitrogens is 2. The van der Waals surface area contributed by atoms with Gasteiger partial charge in [-0.3, -0.25) is 4.68 Å². The molecule has 0 N–H and O–H groups in total. The van der Waals surface area contributed by atoms with Crippen molar-refractivity contribution >= 4 is 0 Å². The summed E-state index contributed by atoms with van der Waals surface area (Å²) < 4.78 is 7.09. The summed E-state index contributed by atoms with van der Waals surface area (Å²) in [5.41, 5.74) is 2.30. The van der Waals surface area contributed by atoms with Gasteiger partial charge >= 0.3 is 0 Å². The van der Waals surface area contributed by atoms with Crippen LogP contribution in [0.3, 0.4) is 0 Å². The molecule has 0 bridgehead atoms. The van der Waals surface area contributed by atoms with Crippen molar-refractivity contribution in [2.75, 3.05) is 7.11 Å². The highest BCUT2D eigenvalue weighted by atomic mass is 16.5. The Morgan fingerprint density at radius 2 is 1.93 bits per heavy atom. The second-order valence-electron chi connectivity index (χ2n) is 3.26. The Morgan fingerprint density at radius 3 is 2.53 bits per heavy atom. The van der Waals surface area contributed by atoms with Gasteiger partial charge in [-0.15, -0.1) is 0 Å². The third-order valence-corrected chi connectivity index (χ3v) is 2.40.